The number of aryl methyl sites for hydroxylation is 2. The second-order valence-electron chi connectivity index (χ2n) is 24.6. The van der Waals surface area contributed by atoms with Crippen LogP contribution in [-0.2, 0) is 41.6 Å². The molecule has 2 aromatic heterocycles. The molecule has 438 valence electrons. The van der Waals surface area contributed by atoms with E-state index in [-0.39, 0.29) is 84.2 Å². The van der Waals surface area contributed by atoms with Crippen LogP contribution in [0.25, 0.3) is 11.4 Å². The van der Waals surface area contributed by atoms with Crippen molar-refractivity contribution in [3.05, 3.63) is 119 Å². The zero-order valence-corrected chi connectivity index (χ0v) is 49.0. The Morgan fingerprint density at radius 3 is 1.27 bits per heavy atom. The average Bonchev–Trinajstić information content (AvgIpc) is 4.31. The molecule has 2 fully saturated rings. The lowest BCUT2D eigenvalue weighted by Crippen LogP contribution is -2.59. The van der Waals surface area contributed by atoms with Crippen molar-refractivity contribution < 1.29 is 38.4 Å². The summed E-state index contributed by atoms with van der Waals surface area (Å²) in [6.45, 7) is 14.3. The molecule has 2 aliphatic carbocycles. The quantitative estimate of drug-likeness (QED) is 0.0740. The molecule has 2 saturated heterocycles. The Kier molecular flexibility index (Phi) is 19.0. The Morgan fingerprint density at radius 2 is 0.902 bits per heavy atom. The highest BCUT2D eigenvalue weighted by atomic mass is 16.2. The fraction of sp³-hybridized carbons (Fsp3) is 0.516. The standard InChI is InChI=1S/C62H82N12O8/c1-35(63-9)53(75)71-51(61(3,4)5)59(81)73-33-39(31-47(73)57(79)69-45-27-15-21-37-19-11-13-23-41(37)45)67-55(77)43-25-17-29-65-49(43)50-44(26-18-30-66-50)56(78)68-40-32-48(58(80)70-46-28-16-22-38-20-12-14-24-42(38)46)74(34-40)60(82)52(62(6,7)8)72-54(76)36(2)64-10/h11-14,17-20,23-26,29-30,35-36,39-40,45-48,51-52,63-64H,15-16,21-22,27-28,31-34H2,1-10H3,(H,67,77)(H,68,78)(H,69,79)(H,70,80)(H,71,75)(H,72,76)/t35-,36-,39-,40-,45+,46+,47?,48?,51+,52?/m0/s1. The van der Waals surface area contributed by atoms with E-state index in [0.717, 1.165) is 47.9 Å². The van der Waals surface area contributed by atoms with Gasteiger partial charge in [0, 0.05) is 37.6 Å². The molecular weight excluding hydrogens is 1040 g/mol. The fourth-order valence-corrected chi connectivity index (χ4v) is 11.7. The van der Waals surface area contributed by atoms with Gasteiger partial charge < -0.3 is 52.3 Å². The topological polar surface area (TPSA) is 265 Å². The average molecular weight is 1120 g/mol. The minimum atomic E-state index is -1.02. The summed E-state index contributed by atoms with van der Waals surface area (Å²) >= 11 is 0. The molecule has 20 nitrogen and oxygen atoms in total. The first-order valence-corrected chi connectivity index (χ1v) is 28.8. The third-order valence-electron chi connectivity index (χ3n) is 16.6. The molecule has 8 amide bonds. The maximum Gasteiger partial charge on any atom is 0.253 e. The van der Waals surface area contributed by atoms with E-state index in [9.17, 15) is 38.4 Å². The molecule has 4 aromatic rings. The fourth-order valence-electron chi connectivity index (χ4n) is 11.7. The highest BCUT2D eigenvalue weighted by Gasteiger charge is 2.48. The molecule has 0 bridgehead atoms. The van der Waals surface area contributed by atoms with Gasteiger partial charge in [-0.1, -0.05) is 90.1 Å². The zero-order chi connectivity index (χ0) is 59.2. The highest BCUT2D eigenvalue weighted by Crippen LogP contribution is 2.34. The lowest BCUT2D eigenvalue weighted by atomic mass is 9.85. The number of hydrogen-bond acceptors (Lipinski definition) is 12. The molecular formula is C62H82N12O8. The van der Waals surface area contributed by atoms with Gasteiger partial charge in [-0.05, 0) is 137 Å². The van der Waals surface area contributed by atoms with Gasteiger partial charge in [-0.25, -0.2) is 0 Å². The number of pyridine rings is 2. The molecule has 0 spiro atoms. The molecule has 82 heavy (non-hydrogen) atoms. The predicted octanol–water partition coefficient (Wildman–Crippen LogP) is 4.21. The van der Waals surface area contributed by atoms with Crippen LogP contribution >= 0.6 is 0 Å². The number of rotatable bonds is 17. The summed E-state index contributed by atoms with van der Waals surface area (Å²) in [6.07, 6.45) is 8.04. The van der Waals surface area contributed by atoms with Gasteiger partial charge in [0.25, 0.3) is 11.8 Å². The van der Waals surface area contributed by atoms with Crippen LogP contribution in [0.5, 0.6) is 0 Å². The molecule has 3 unspecified atom stereocenters. The lowest BCUT2D eigenvalue weighted by molar-refractivity contribution is -0.144. The van der Waals surface area contributed by atoms with Crippen LogP contribution in [0.3, 0.4) is 0 Å². The van der Waals surface area contributed by atoms with E-state index in [0.29, 0.717) is 12.8 Å². The maximum atomic E-state index is 14.9. The smallest absolute Gasteiger partial charge is 0.253 e. The van der Waals surface area contributed by atoms with Gasteiger partial charge in [0.05, 0.1) is 35.3 Å². The van der Waals surface area contributed by atoms with Gasteiger partial charge in [0.1, 0.15) is 35.6 Å². The molecule has 0 radical (unpaired) electrons. The molecule has 8 rings (SSSR count). The summed E-state index contributed by atoms with van der Waals surface area (Å²) in [5, 5.41) is 24.3. The number of carbonyl (C=O) groups excluding carboxylic acids is 8. The summed E-state index contributed by atoms with van der Waals surface area (Å²) in [5.41, 5.74) is 3.13. The third-order valence-corrected chi connectivity index (χ3v) is 16.6. The molecule has 0 saturated carbocycles. The monoisotopic (exact) mass is 1120 g/mol. The molecule has 8 N–H and O–H groups in total. The van der Waals surface area contributed by atoms with E-state index in [2.05, 4.69) is 64.6 Å². The van der Waals surface area contributed by atoms with Crippen molar-refractivity contribution in [2.75, 3.05) is 27.2 Å². The van der Waals surface area contributed by atoms with Crippen LogP contribution in [-0.4, -0.2) is 143 Å². The molecule has 4 aliphatic rings. The second-order valence-corrected chi connectivity index (χ2v) is 24.6. The van der Waals surface area contributed by atoms with Gasteiger partial charge >= 0.3 is 0 Å². The first-order valence-electron chi connectivity index (χ1n) is 28.8. The Labute approximate surface area is 481 Å². The van der Waals surface area contributed by atoms with Crippen molar-refractivity contribution in [3.63, 3.8) is 0 Å². The number of fused-ring (bicyclic) bond motifs is 2. The van der Waals surface area contributed by atoms with Crippen LogP contribution in [0.15, 0.2) is 85.2 Å². The largest absolute Gasteiger partial charge is 0.347 e. The maximum absolute atomic E-state index is 14.9. The van der Waals surface area contributed by atoms with Crippen LogP contribution in [0, 0.1) is 10.8 Å². The summed E-state index contributed by atoms with van der Waals surface area (Å²) < 4.78 is 0. The Morgan fingerprint density at radius 1 is 0.524 bits per heavy atom. The van der Waals surface area contributed by atoms with Crippen molar-refractivity contribution >= 4 is 47.3 Å². The van der Waals surface area contributed by atoms with E-state index in [1.165, 1.54) is 22.2 Å². The normalized spacial score (nSPS) is 22.0. The zero-order valence-electron chi connectivity index (χ0n) is 49.0. The number of likely N-dealkylation sites (tertiary alicyclic amines) is 2. The number of amides is 8. The highest BCUT2D eigenvalue weighted by molar-refractivity contribution is 6.05. The van der Waals surface area contributed by atoms with Gasteiger partial charge in [-0.3, -0.25) is 48.3 Å². The van der Waals surface area contributed by atoms with Gasteiger partial charge in [-0.15, -0.1) is 0 Å². The minimum absolute atomic E-state index is 0.0490. The summed E-state index contributed by atoms with van der Waals surface area (Å²) in [5.74, 6) is -3.63. The molecule has 4 heterocycles. The predicted molar refractivity (Wildman–Crippen MR) is 311 cm³/mol. The van der Waals surface area contributed by atoms with Crippen LogP contribution in [0.4, 0.5) is 0 Å². The second kappa shape index (κ2) is 25.7. The van der Waals surface area contributed by atoms with Crippen molar-refractivity contribution in [2.45, 2.75) is 167 Å². The summed E-state index contributed by atoms with van der Waals surface area (Å²) in [4.78, 5) is 127. The Bertz CT molecular complexity index is 2840. The SMILES string of the molecule is CN[C@@H](C)C(=O)NC(C(=O)N1C[C@@H](NC(=O)c2cccnc2-c2ncccc2C(=O)N[C@H]2CC(C(=O)N[C@@H]3CCCc4ccccc43)N(C(=O)[C@@H](NC(=O)[C@H](C)NC)C(C)(C)C)C2)CC1C(=O)N[C@@H]1CCCc2ccccc21)C(C)(C)C. The number of nitrogens with zero attached hydrogens (tertiary/aromatic N) is 4. The van der Waals surface area contributed by atoms with E-state index in [4.69, 9.17) is 0 Å². The molecule has 10 atom stereocenters. The van der Waals surface area contributed by atoms with Crippen molar-refractivity contribution in [1.82, 2.24) is 62.3 Å². The number of likely N-dealkylation sites (N-methyl/N-ethyl adjacent to an activating group) is 2. The number of hydrogen-bond donors (Lipinski definition) is 8. The number of nitrogens with one attached hydrogen (secondary N) is 8. The van der Waals surface area contributed by atoms with Gasteiger partial charge in [0.2, 0.25) is 35.4 Å². The van der Waals surface area contributed by atoms with Crippen molar-refractivity contribution in [2.24, 2.45) is 10.8 Å². The summed E-state index contributed by atoms with van der Waals surface area (Å²) in [6, 6.07) is 15.0. The van der Waals surface area contributed by atoms with Crippen molar-refractivity contribution in [1.29, 1.82) is 0 Å². The summed E-state index contributed by atoms with van der Waals surface area (Å²) in [7, 11) is 3.30. The Balaban J connectivity index is 1.04. The van der Waals surface area contributed by atoms with E-state index < -0.39 is 82.8 Å². The third kappa shape index (κ3) is 13.7. The van der Waals surface area contributed by atoms with Gasteiger partial charge in [-0.2, -0.15) is 0 Å². The first kappa shape index (κ1) is 60.5. The van der Waals surface area contributed by atoms with Crippen LogP contribution < -0.4 is 42.5 Å². The van der Waals surface area contributed by atoms with Crippen LogP contribution in [0.2, 0.25) is 0 Å². The minimum Gasteiger partial charge on any atom is -0.347 e. The number of aromatic nitrogens is 2. The van der Waals surface area contributed by atoms with E-state index in [1.54, 1.807) is 52.2 Å². The number of carbonyl (C=O) groups is 8. The molecule has 2 aromatic carbocycles. The first-order chi connectivity index (χ1) is 39.0. The lowest BCUT2D eigenvalue weighted by Gasteiger charge is -2.36. The molecule has 2 aliphatic heterocycles. The molecule has 20 heteroatoms. The Hall–Kier alpha value is -7.58. The van der Waals surface area contributed by atoms with Gasteiger partial charge in [0.15, 0.2) is 0 Å². The van der Waals surface area contributed by atoms with Crippen molar-refractivity contribution in [3.8, 4) is 11.4 Å². The van der Waals surface area contributed by atoms with Crippen LogP contribution in [0.1, 0.15) is 149 Å². The number of benzene rings is 2. The van der Waals surface area contributed by atoms with E-state index >= 15 is 0 Å². The van der Waals surface area contributed by atoms with E-state index in [1.807, 2.05) is 77.9 Å².